The number of benzene rings is 2. The van der Waals surface area contributed by atoms with E-state index in [1.54, 1.807) is 0 Å². The SMILES string of the molecule is CC(C)C1=CC2CC3(C=O)C4CCC(C)C4CC2(COC24OC5OC(C(OCCCC#N)C5O2)C4O)C13C(=O)OC(c1ccccc1)c1ccccc1. The molecule has 53 heavy (non-hydrogen) atoms. The summed E-state index contributed by atoms with van der Waals surface area (Å²) >= 11 is 0. The van der Waals surface area contributed by atoms with Crippen LogP contribution in [0.2, 0.25) is 0 Å². The van der Waals surface area contributed by atoms with Crippen molar-refractivity contribution in [3.63, 3.8) is 0 Å². The first kappa shape index (κ1) is 35.3. The Bertz CT molecular complexity index is 1770. The van der Waals surface area contributed by atoms with Crippen LogP contribution >= 0.6 is 0 Å². The van der Waals surface area contributed by atoms with Gasteiger partial charge in [0.15, 0.2) is 18.5 Å². The van der Waals surface area contributed by atoms with Gasteiger partial charge in [-0.3, -0.25) is 9.53 Å². The Morgan fingerprint density at radius 3 is 2.42 bits per heavy atom. The Morgan fingerprint density at radius 2 is 1.75 bits per heavy atom. The molecular formula is C43H49NO9. The van der Waals surface area contributed by atoms with Crippen molar-refractivity contribution in [2.75, 3.05) is 13.2 Å². The van der Waals surface area contributed by atoms with Crippen LogP contribution in [0.15, 0.2) is 72.3 Å². The number of fused-ring (bicyclic) bond motifs is 2. The zero-order valence-electron chi connectivity index (χ0n) is 30.6. The van der Waals surface area contributed by atoms with Gasteiger partial charge in [-0.15, -0.1) is 0 Å². The number of nitrogens with zero attached hydrogens (tertiary/aromatic N) is 1. The summed E-state index contributed by atoms with van der Waals surface area (Å²) in [5.74, 6) is -1.79. The molecule has 3 saturated carbocycles. The fourth-order valence-corrected chi connectivity index (χ4v) is 12.2. The van der Waals surface area contributed by atoms with E-state index in [1.807, 2.05) is 60.7 Å². The number of allylic oxidation sites excluding steroid dienone is 1. The number of carbonyl (C=O) groups excluding carboxylic acids is 2. The third kappa shape index (κ3) is 4.71. The van der Waals surface area contributed by atoms with Gasteiger partial charge in [0.05, 0.1) is 18.1 Å². The van der Waals surface area contributed by atoms with E-state index >= 15 is 4.79 Å². The van der Waals surface area contributed by atoms with Crippen LogP contribution < -0.4 is 0 Å². The van der Waals surface area contributed by atoms with Crippen LogP contribution in [0.1, 0.15) is 76.5 Å². The van der Waals surface area contributed by atoms with Crippen molar-refractivity contribution in [2.24, 2.45) is 45.8 Å². The van der Waals surface area contributed by atoms with Crippen molar-refractivity contribution < 1.29 is 43.1 Å². The number of esters is 1. The van der Waals surface area contributed by atoms with Crippen molar-refractivity contribution in [3.8, 4) is 6.07 Å². The topological polar surface area (TPSA) is 134 Å². The summed E-state index contributed by atoms with van der Waals surface area (Å²) in [6, 6.07) is 21.7. The minimum atomic E-state index is -1.82. The van der Waals surface area contributed by atoms with Gasteiger partial charge in [-0.2, -0.15) is 5.26 Å². The summed E-state index contributed by atoms with van der Waals surface area (Å²) in [7, 11) is 0. The van der Waals surface area contributed by atoms with Gasteiger partial charge in [0, 0.05) is 18.4 Å². The summed E-state index contributed by atoms with van der Waals surface area (Å²) < 4.78 is 38.4. The molecule has 0 radical (unpaired) electrons. The van der Waals surface area contributed by atoms with Crippen LogP contribution in [0.5, 0.6) is 0 Å². The first-order chi connectivity index (χ1) is 25.7. The van der Waals surface area contributed by atoms with Crippen molar-refractivity contribution in [1.82, 2.24) is 0 Å². The van der Waals surface area contributed by atoms with Crippen LogP contribution in [0.25, 0.3) is 0 Å². The molecule has 0 amide bonds. The van der Waals surface area contributed by atoms with Gasteiger partial charge < -0.3 is 33.6 Å². The molecule has 1 N–H and O–H groups in total. The molecule has 13 unspecified atom stereocenters. The molecule has 10 nitrogen and oxygen atoms in total. The summed E-state index contributed by atoms with van der Waals surface area (Å²) in [6.45, 7) is 6.81. The lowest BCUT2D eigenvalue weighted by atomic mass is 9.43. The molecule has 2 aromatic carbocycles. The number of aliphatic hydroxyl groups excluding tert-OH is 1. The normalized spacial score (nSPS) is 42.6. The first-order valence-electron chi connectivity index (χ1n) is 19.5. The van der Waals surface area contributed by atoms with E-state index in [1.165, 1.54) is 0 Å². The molecule has 4 saturated heterocycles. The first-order valence-corrected chi connectivity index (χ1v) is 19.5. The minimum absolute atomic E-state index is 0.0171. The van der Waals surface area contributed by atoms with Gasteiger partial charge >= 0.3 is 11.9 Å². The van der Waals surface area contributed by atoms with Crippen molar-refractivity contribution in [2.45, 2.75) is 102 Å². The van der Waals surface area contributed by atoms with Gasteiger partial charge in [0.2, 0.25) is 0 Å². The Morgan fingerprint density at radius 1 is 1.04 bits per heavy atom. The lowest BCUT2D eigenvalue weighted by molar-refractivity contribution is -0.448. The molecule has 13 atom stereocenters. The zero-order chi connectivity index (χ0) is 36.8. The molecule has 4 heterocycles. The second-order valence-electron chi connectivity index (χ2n) is 16.9. The summed E-state index contributed by atoms with van der Waals surface area (Å²) in [5.41, 5.74) is -0.530. The van der Waals surface area contributed by atoms with Crippen molar-refractivity contribution in [1.29, 1.82) is 5.26 Å². The van der Waals surface area contributed by atoms with Gasteiger partial charge in [-0.1, -0.05) is 99.5 Å². The van der Waals surface area contributed by atoms with E-state index in [2.05, 4.69) is 32.9 Å². The van der Waals surface area contributed by atoms with E-state index in [9.17, 15) is 9.90 Å². The average Bonchev–Trinajstić information content (AvgIpc) is 3.91. The molecule has 0 aromatic heterocycles. The predicted molar refractivity (Wildman–Crippen MR) is 189 cm³/mol. The maximum Gasteiger partial charge on any atom is 0.318 e. The fourth-order valence-electron chi connectivity index (χ4n) is 12.2. The highest BCUT2D eigenvalue weighted by Gasteiger charge is 2.85. The molecule has 4 aliphatic carbocycles. The molecule has 0 spiro atoms. The number of nitriles is 1. The molecule has 10 heteroatoms. The largest absolute Gasteiger partial charge is 0.452 e. The molecule has 2 aromatic rings. The highest BCUT2D eigenvalue weighted by Crippen LogP contribution is 2.83. The third-order valence-electron chi connectivity index (χ3n) is 14.3. The quantitative estimate of drug-likeness (QED) is 0.113. The Balaban J connectivity index is 1.12. The highest BCUT2D eigenvalue weighted by atomic mass is 17.0. The van der Waals surface area contributed by atoms with Crippen LogP contribution in [-0.4, -0.2) is 67.3 Å². The number of unbranched alkanes of at least 4 members (excludes halogenated alkanes) is 1. The minimum Gasteiger partial charge on any atom is -0.452 e. The third-order valence-corrected chi connectivity index (χ3v) is 14.3. The van der Waals surface area contributed by atoms with Crippen LogP contribution in [0.4, 0.5) is 0 Å². The smallest absolute Gasteiger partial charge is 0.318 e. The fraction of sp³-hybridized carbons (Fsp3) is 0.605. The van der Waals surface area contributed by atoms with Gasteiger partial charge in [-0.05, 0) is 66.4 Å². The van der Waals surface area contributed by atoms with Crippen molar-refractivity contribution >= 4 is 12.3 Å². The maximum absolute atomic E-state index is 15.8. The van der Waals surface area contributed by atoms with E-state index in [0.717, 1.165) is 35.8 Å². The number of rotatable bonds is 13. The molecule has 280 valence electrons. The summed E-state index contributed by atoms with van der Waals surface area (Å²) in [6.07, 6.45) is 2.62. The molecule has 8 bridgehead atoms. The van der Waals surface area contributed by atoms with E-state index in [4.69, 9.17) is 33.7 Å². The lowest BCUT2D eigenvalue weighted by Gasteiger charge is -2.59. The molecular weight excluding hydrogens is 674 g/mol. The van der Waals surface area contributed by atoms with Crippen molar-refractivity contribution in [3.05, 3.63) is 83.4 Å². The van der Waals surface area contributed by atoms with Crippen LogP contribution in [0.3, 0.4) is 0 Å². The summed E-state index contributed by atoms with van der Waals surface area (Å²) in [4.78, 5) is 29.9. The molecule has 4 aliphatic heterocycles. The highest BCUT2D eigenvalue weighted by molar-refractivity contribution is 5.92. The van der Waals surface area contributed by atoms with E-state index in [0.29, 0.717) is 38.2 Å². The Hall–Kier alpha value is -3.43. The van der Waals surface area contributed by atoms with Gasteiger partial charge in [0.1, 0.15) is 30.0 Å². The molecule has 10 rings (SSSR count). The van der Waals surface area contributed by atoms with Crippen LogP contribution in [0, 0.1) is 57.2 Å². The zero-order valence-corrected chi connectivity index (χ0v) is 30.6. The summed E-state index contributed by atoms with van der Waals surface area (Å²) in [5, 5.41) is 20.7. The average molecular weight is 724 g/mol. The molecule has 7 fully saturated rings. The van der Waals surface area contributed by atoms with Gasteiger partial charge in [-0.25, -0.2) is 0 Å². The second kappa shape index (κ2) is 12.8. The predicted octanol–water partition coefficient (Wildman–Crippen LogP) is 6.03. The van der Waals surface area contributed by atoms with E-state index in [-0.39, 0.29) is 30.3 Å². The number of hydrogen-bond donors (Lipinski definition) is 1. The standard InChI is InChI=1S/C43H49NO9/c1-25(2)32-20-29-21-40(23-45)31-17-16-26(3)30(31)22-41(29,24-49-43-37(46)35-34(48-19-11-10-18-44)36(52-43)38(50-35)53-43)42(32,40)39(47)51-33(27-12-6-4-7-13-27)28-14-8-5-9-15-28/h4-9,12-15,20,23,25-26,29-31,33-38,46H,10-11,16-17,19,21-22,24H2,1-3H3. The van der Waals surface area contributed by atoms with E-state index < -0.39 is 65.0 Å². The van der Waals surface area contributed by atoms with Gasteiger partial charge in [0.25, 0.3) is 0 Å². The number of aldehydes is 1. The van der Waals surface area contributed by atoms with Crippen LogP contribution in [-0.2, 0) is 38.0 Å². The maximum atomic E-state index is 15.8. The monoisotopic (exact) mass is 723 g/mol. The number of carbonyl (C=O) groups is 2. The molecule has 8 aliphatic rings. The number of ether oxygens (including phenoxy) is 6. The number of aliphatic hydroxyl groups is 1. The lowest BCUT2D eigenvalue weighted by Crippen LogP contribution is -2.66. The Labute approximate surface area is 310 Å². The Kier molecular flexibility index (Phi) is 8.54. The second-order valence-corrected chi connectivity index (χ2v) is 16.9. The number of hydrogen-bond acceptors (Lipinski definition) is 10.